The summed E-state index contributed by atoms with van der Waals surface area (Å²) in [5.41, 5.74) is 1.19. The number of urea groups is 1. The van der Waals surface area contributed by atoms with Gasteiger partial charge in [-0.1, -0.05) is 36.4 Å². The van der Waals surface area contributed by atoms with Crippen LogP contribution in [0.3, 0.4) is 0 Å². The third kappa shape index (κ3) is 2.66. The Bertz CT molecular complexity index is 561. The first-order chi connectivity index (χ1) is 8.81. The Kier molecular flexibility index (Phi) is 3.57. The standard InChI is InChI=1S/C14H11N3O/c15-11-17(13-9-5-2-6-10-13)14(18)16-12-7-3-1-4-8-12/h1-10H,(H,16,18). The molecule has 0 bridgehead atoms. The van der Waals surface area contributed by atoms with Crippen molar-refractivity contribution in [3.05, 3.63) is 60.7 Å². The van der Waals surface area contributed by atoms with Crippen molar-refractivity contribution in [2.75, 3.05) is 10.2 Å². The third-order valence-corrected chi connectivity index (χ3v) is 2.34. The number of nitrogens with zero attached hydrogens (tertiary/aromatic N) is 2. The summed E-state index contributed by atoms with van der Waals surface area (Å²) in [5, 5.41) is 11.7. The van der Waals surface area contributed by atoms with E-state index in [1.807, 2.05) is 30.5 Å². The lowest BCUT2D eigenvalue weighted by Crippen LogP contribution is -2.30. The van der Waals surface area contributed by atoms with E-state index in [0.29, 0.717) is 11.4 Å². The number of hydrogen-bond donors (Lipinski definition) is 1. The number of nitrogens with one attached hydrogen (secondary N) is 1. The van der Waals surface area contributed by atoms with Crippen LogP contribution in [0.5, 0.6) is 0 Å². The number of benzene rings is 2. The Labute approximate surface area is 105 Å². The van der Waals surface area contributed by atoms with Crippen LogP contribution in [-0.2, 0) is 0 Å². The molecule has 0 saturated heterocycles. The predicted molar refractivity (Wildman–Crippen MR) is 70.0 cm³/mol. The molecule has 0 aromatic heterocycles. The molecular formula is C14H11N3O. The van der Waals surface area contributed by atoms with E-state index in [9.17, 15) is 4.79 Å². The quantitative estimate of drug-likeness (QED) is 0.644. The zero-order valence-electron chi connectivity index (χ0n) is 9.58. The number of hydrogen-bond acceptors (Lipinski definition) is 2. The van der Waals surface area contributed by atoms with E-state index in [1.165, 1.54) is 0 Å². The molecule has 0 heterocycles. The van der Waals surface area contributed by atoms with Crippen LogP contribution in [0, 0.1) is 11.5 Å². The second-order valence-corrected chi connectivity index (χ2v) is 3.57. The predicted octanol–water partition coefficient (Wildman–Crippen LogP) is 3.21. The van der Waals surface area contributed by atoms with Crippen molar-refractivity contribution in [2.24, 2.45) is 0 Å². The van der Waals surface area contributed by atoms with Gasteiger partial charge < -0.3 is 5.32 Å². The molecule has 2 rings (SSSR count). The highest BCUT2D eigenvalue weighted by atomic mass is 16.2. The van der Waals surface area contributed by atoms with Crippen LogP contribution in [-0.4, -0.2) is 6.03 Å². The summed E-state index contributed by atoms with van der Waals surface area (Å²) in [7, 11) is 0. The fraction of sp³-hybridized carbons (Fsp3) is 0. The van der Waals surface area contributed by atoms with Crippen molar-refractivity contribution < 1.29 is 4.79 Å². The lowest BCUT2D eigenvalue weighted by atomic mass is 10.3. The largest absolute Gasteiger partial charge is 0.339 e. The SMILES string of the molecule is N#CN(C(=O)Nc1ccccc1)c1ccccc1. The minimum absolute atomic E-state index is 0.477. The maximum absolute atomic E-state index is 11.9. The highest BCUT2D eigenvalue weighted by Crippen LogP contribution is 2.14. The summed E-state index contributed by atoms with van der Waals surface area (Å²) in [6.45, 7) is 0. The van der Waals surface area contributed by atoms with Crippen LogP contribution in [0.25, 0.3) is 0 Å². The van der Waals surface area contributed by atoms with Gasteiger partial charge in [-0.25, -0.2) is 4.79 Å². The Morgan fingerprint density at radius 1 is 1.00 bits per heavy atom. The van der Waals surface area contributed by atoms with Gasteiger partial charge in [-0.2, -0.15) is 10.2 Å². The monoisotopic (exact) mass is 237 g/mol. The average Bonchev–Trinajstić information content (AvgIpc) is 2.42. The van der Waals surface area contributed by atoms with E-state index in [0.717, 1.165) is 4.90 Å². The van der Waals surface area contributed by atoms with Crippen molar-refractivity contribution in [1.82, 2.24) is 0 Å². The number of nitriles is 1. The molecule has 2 aromatic rings. The number of anilines is 2. The molecule has 88 valence electrons. The summed E-state index contributed by atoms with van der Waals surface area (Å²) >= 11 is 0. The fourth-order valence-corrected chi connectivity index (χ4v) is 1.50. The van der Waals surface area contributed by atoms with E-state index >= 15 is 0 Å². The maximum Gasteiger partial charge on any atom is 0.339 e. The molecule has 0 radical (unpaired) electrons. The van der Waals surface area contributed by atoms with Crippen LogP contribution in [0.15, 0.2) is 60.7 Å². The van der Waals surface area contributed by atoms with E-state index in [1.54, 1.807) is 36.4 Å². The van der Waals surface area contributed by atoms with Crippen LogP contribution < -0.4 is 10.2 Å². The highest BCUT2D eigenvalue weighted by molar-refractivity contribution is 6.03. The second kappa shape index (κ2) is 5.51. The molecule has 0 saturated carbocycles. The van der Waals surface area contributed by atoms with Gasteiger partial charge in [0.15, 0.2) is 6.19 Å². The van der Waals surface area contributed by atoms with E-state index in [2.05, 4.69) is 5.32 Å². The first-order valence-corrected chi connectivity index (χ1v) is 5.42. The van der Waals surface area contributed by atoms with E-state index in [4.69, 9.17) is 5.26 Å². The zero-order chi connectivity index (χ0) is 12.8. The summed E-state index contributed by atoms with van der Waals surface area (Å²) < 4.78 is 0. The van der Waals surface area contributed by atoms with Gasteiger partial charge in [-0.05, 0) is 24.3 Å². The lowest BCUT2D eigenvalue weighted by molar-refractivity contribution is 0.259. The van der Waals surface area contributed by atoms with Crippen molar-refractivity contribution in [1.29, 1.82) is 5.26 Å². The second-order valence-electron chi connectivity index (χ2n) is 3.57. The topological polar surface area (TPSA) is 56.1 Å². The molecule has 18 heavy (non-hydrogen) atoms. The smallest absolute Gasteiger partial charge is 0.307 e. The molecule has 2 amide bonds. The molecule has 4 nitrogen and oxygen atoms in total. The number of amides is 2. The molecule has 0 aliphatic heterocycles. The normalized spacial score (nSPS) is 9.28. The summed E-state index contributed by atoms with van der Waals surface area (Å²) in [6.07, 6.45) is 1.86. The molecule has 0 atom stereocenters. The van der Waals surface area contributed by atoms with Gasteiger partial charge >= 0.3 is 6.03 Å². The summed E-state index contributed by atoms with van der Waals surface area (Å²) in [6, 6.07) is 17.3. The molecule has 1 N–H and O–H groups in total. The highest BCUT2D eigenvalue weighted by Gasteiger charge is 2.14. The van der Waals surface area contributed by atoms with Gasteiger partial charge in [-0.3, -0.25) is 0 Å². The third-order valence-electron chi connectivity index (χ3n) is 2.34. The summed E-state index contributed by atoms with van der Waals surface area (Å²) in [5.74, 6) is 0. The molecule has 0 aliphatic rings. The van der Waals surface area contributed by atoms with Gasteiger partial charge in [0.2, 0.25) is 0 Å². The van der Waals surface area contributed by atoms with Crippen molar-refractivity contribution >= 4 is 17.4 Å². The van der Waals surface area contributed by atoms with Crippen LogP contribution in [0.4, 0.5) is 16.2 Å². The van der Waals surface area contributed by atoms with Gasteiger partial charge in [-0.15, -0.1) is 0 Å². The summed E-state index contributed by atoms with van der Waals surface area (Å²) in [4.78, 5) is 12.9. The minimum Gasteiger partial charge on any atom is -0.307 e. The van der Waals surface area contributed by atoms with Crippen molar-refractivity contribution in [3.8, 4) is 6.19 Å². The van der Waals surface area contributed by atoms with Crippen molar-refractivity contribution in [2.45, 2.75) is 0 Å². The molecule has 0 spiro atoms. The number of carbonyl (C=O) groups is 1. The number of para-hydroxylation sites is 2. The van der Waals surface area contributed by atoms with Gasteiger partial charge in [0.05, 0.1) is 5.69 Å². The average molecular weight is 237 g/mol. The number of rotatable bonds is 2. The van der Waals surface area contributed by atoms with E-state index < -0.39 is 6.03 Å². The zero-order valence-corrected chi connectivity index (χ0v) is 9.58. The Morgan fingerprint density at radius 2 is 1.56 bits per heavy atom. The molecular weight excluding hydrogens is 226 g/mol. The first-order valence-electron chi connectivity index (χ1n) is 5.42. The van der Waals surface area contributed by atoms with Crippen LogP contribution in [0.1, 0.15) is 0 Å². The van der Waals surface area contributed by atoms with Crippen molar-refractivity contribution in [3.63, 3.8) is 0 Å². The van der Waals surface area contributed by atoms with Gasteiger partial charge in [0.25, 0.3) is 0 Å². The van der Waals surface area contributed by atoms with Gasteiger partial charge in [0.1, 0.15) is 0 Å². The Balaban J connectivity index is 2.15. The first kappa shape index (κ1) is 11.7. The fourth-order valence-electron chi connectivity index (χ4n) is 1.50. The molecule has 0 aliphatic carbocycles. The van der Waals surface area contributed by atoms with Crippen LogP contribution in [0.2, 0.25) is 0 Å². The van der Waals surface area contributed by atoms with Gasteiger partial charge in [0, 0.05) is 5.69 Å². The Hall–Kier alpha value is -2.80. The Morgan fingerprint density at radius 3 is 2.11 bits per heavy atom. The van der Waals surface area contributed by atoms with E-state index in [-0.39, 0.29) is 0 Å². The molecule has 0 unspecified atom stereocenters. The number of carbonyl (C=O) groups excluding carboxylic acids is 1. The maximum atomic E-state index is 11.9. The molecule has 2 aromatic carbocycles. The molecule has 0 fully saturated rings. The molecule has 4 heteroatoms. The minimum atomic E-state index is -0.477. The lowest BCUT2D eigenvalue weighted by Gasteiger charge is -2.14. The van der Waals surface area contributed by atoms with Crippen LogP contribution >= 0.6 is 0 Å².